The van der Waals surface area contributed by atoms with Gasteiger partial charge in [-0.15, -0.1) is 11.3 Å². The van der Waals surface area contributed by atoms with Gasteiger partial charge in [-0.3, -0.25) is 0 Å². The monoisotopic (exact) mass is 238 g/mol. The summed E-state index contributed by atoms with van der Waals surface area (Å²) in [5, 5.41) is 12.8. The summed E-state index contributed by atoms with van der Waals surface area (Å²) < 4.78 is 0. The van der Waals surface area contributed by atoms with Crippen LogP contribution in [0.1, 0.15) is 50.8 Å². The lowest BCUT2D eigenvalue weighted by atomic mass is 9.74. The van der Waals surface area contributed by atoms with Crippen molar-refractivity contribution in [2.75, 3.05) is 0 Å². The maximum absolute atomic E-state index is 10.7. The summed E-state index contributed by atoms with van der Waals surface area (Å²) in [7, 11) is 0. The quantitative estimate of drug-likeness (QED) is 0.838. The zero-order valence-corrected chi connectivity index (χ0v) is 11.1. The van der Waals surface area contributed by atoms with Gasteiger partial charge in [0.15, 0.2) is 0 Å². The van der Waals surface area contributed by atoms with Crippen LogP contribution in [0.15, 0.2) is 17.5 Å². The van der Waals surface area contributed by atoms with Crippen LogP contribution in [0.2, 0.25) is 0 Å². The van der Waals surface area contributed by atoms with Crippen LogP contribution in [0, 0.1) is 11.8 Å². The molecule has 0 aromatic carbocycles. The molecule has 2 atom stereocenters. The molecule has 0 aliphatic heterocycles. The standard InChI is InChI=1S/C14H22OS/c1-11(2)9-12-5-3-7-14(15,10-12)13-6-4-8-16-13/h4,6,8,11-12,15H,3,5,7,9-10H2,1-2H3. The van der Waals surface area contributed by atoms with Crippen molar-refractivity contribution in [1.29, 1.82) is 0 Å². The number of hydrogen-bond donors (Lipinski definition) is 1. The van der Waals surface area contributed by atoms with Gasteiger partial charge in [0.25, 0.3) is 0 Å². The van der Waals surface area contributed by atoms with Crippen molar-refractivity contribution in [3.05, 3.63) is 22.4 Å². The van der Waals surface area contributed by atoms with Crippen molar-refractivity contribution in [3.8, 4) is 0 Å². The van der Waals surface area contributed by atoms with Crippen LogP contribution in [0.5, 0.6) is 0 Å². The summed E-state index contributed by atoms with van der Waals surface area (Å²) in [5.41, 5.74) is -0.522. The van der Waals surface area contributed by atoms with E-state index in [0.717, 1.165) is 18.8 Å². The third kappa shape index (κ3) is 2.67. The van der Waals surface area contributed by atoms with E-state index in [1.807, 2.05) is 6.07 Å². The van der Waals surface area contributed by atoms with Crippen LogP contribution in [0.4, 0.5) is 0 Å². The number of rotatable bonds is 3. The lowest BCUT2D eigenvalue weighted by molar-refractivity contribution is -0.0213. The average Bonchev–Trinajstić information content (AvgIpc) is 2.69. The third-order valence-corrected chi connectivity index (χ3v) is 4.68. The molecule has 2 unspecified atom stereocenters. The highest BCUT2D eigenvalue weighted by molar-refractivity contribution is 7.10. The summed E-state index contributed by atoms with van der Waals surface area (Å²) in [6, 6.07) is 4.13. The van der Waals surface area contributed by atoms with Crippen molar-refractivity contribution in [1.82, 2.24) is 0 Å². The molecule has 2 rings (SSSR count). The van der Waals surface area contributed by atoms with Gasteiger partial charge in [0.05, 0.1) is 5.60 Å². The van der Waals surface area contributed by atoms with Gasteiger partial charge in [-0.25, -0.2) is 0 Å². The van der Waals surface area contributed by atoms with E-state index in [1.54, 1.807) is 11.3 Å². The van der Waals surface area contributed by atoms with Crippen molar-refractivity contribution in [2.45, 2.75) is 51.6 Å². The van der Waals surface area contributed by atoms with Gasteiger partial charge in [0.2, 0.25) is 0 Å². The second kappa shape index (κ2) is 4.89. The molecule has 1 aliphatic carbocycles. The number of aliphatic hydroxyl groups is 1. The summed E-state index contributed by atoms with van der Waals surface area (Å²) in [5.74, 6) is 1.46. The first kappa shape index (κ1) is 12.1. The molecule has 1 aromatic rings. The van der Waals surface area contributed by atoms with E-state index < -0.39 is 5.60 Å². The zero-order valence-electron chi connectivity index (χ0n) is 10.3. The summed E-state index contributed by atoms with van der Waals surface area (Å²) >= 11 is 1.70. The minimum atomic E-state index is -0.522. The normalized spacial score (nSPS) is 30.9. The van der Waals surface area contributed by atoms with Gasteiger partial charge in [-0.2, -0.15) is 0 Å². The second-order valence-corrected chi connectivity index (χ2v) is 6.55. The molecule has 2 heteroatoms. The first-order valence-corrected chi connectivity index (χ1v) is 7.24. The van der Waals surface area contributed by atoms with E-state index in [-0.39, 0.29) is 0 Å². The van der Waals surface area contributed by atoms with Crippen LogP contribution in [0.3, 0.4) is 0 Å². The molecule has 16 heavy (non-hydrogen) atoms. The van der Waals surface area contributed by atoms with E-state index >= 15 is 0 Å². The lowest BCUT2D eigenvalue weighted by Crippen LogP contribution is -2.32. The molecule has 0 bridgehead atoms. The zero-order chi connectivity index (χ0) is 11.6. The Hall–Kier alpha value is -0.340. The van der Waals surface area contributed by atoms with Crippen LogP contribution in [0.25, 0.3) is 0 Å². The molecule has 1 fully saturated rings. The van der Waals surface area contributed by atoms with Crippen molar-refractivity contribution in [3.63, 3.8) is 0 Å². The van der Waals surface area contributed by atoms with Gasteiger partial charge in [0.1, 0.15) is 0 Å². The molecular formula is C14H22OS. The second-order valence-electron chi connectivity index (χ2n) is 5.60. The minimum absolute atomic E-state index is 0.522. The highest BCUT2D eigenvalue weighted by Gasteiger charge is 2.36. The third-order valence-electron chi connectivity index (χ3n) is 3.61. The first-order chi connectivity index (χ1) is 7.60. The SMILES string of the molecule is CC(C)CC1CCCC(O)(c2cccs2)C1. The Kier molecular flexibility index (Phi) is 3.70. The molecule has 1 aliphatic rings. The molecule has 90 valence electrons. The van der Waals surface area contributed by atoms with Crippen molar-refractivity contribution < 1.29 is 5.11 Å². The minimum Gasteiger partial charge on any atom is -0.384 e. The van der Waals surface area contributed by atoms with Crippen LogP contribution >= 0.6 is 11.3 Å². The van der Waals surface area contributed by atoms with E-state index in [0.29, 0.717) is 5.92 Å². The van der Waals surface area contributed by atoms with Crippen molar-refractivity contribution in [2.24, 2.45) is 11.8 Å². The predicted octanol–water partition coefficient (Wildman–Crippen LogP) is 4.17. The Labute approximate surface area is 103 Å². The van der Waals surface area contributed by atoms with Gasteiger partial charge < -0.3 is 5.11 Å². The molecule has 0 spiro atoms. The van der Waals surface area contributed by atoms with Gasteiger partial charge in [0, 0.05) is 4.88 Å². The lowest BCUT2D eigenvalue weighted by Gasteiger charge is -2.37. The Balaban J connectivity index is 2.06. The molecule has 1 N–H and O–H groups in total. The molecule has 0 amide bonds. The van der Waals surface area contributed by atoms with E-state index in [4.69, 9.17) is 0 Å². The molecule has 0 radical (unpaired) electrons. The van der Waals surface area contributed by atoms with Gasteiger partial charge >= 0.3 is 0 Å². The smallest absolute Gasteiger partial charge is 0.0990 e. The molecule has 0 saturated heterocycles. The van der Waals surface area contributed by atoms with Gasteiger partial charge in [-0.05, 0) is 49.0 Å². The Morgan fingerprint density at radius 1 is 1.56 bits per heavy atom. The fourth-order valence-corrected chi connectivity index (χ4v) is 3.87. The largest absolute Gasteiger partial charge is 0.384 e. The highest BCUT2D eigenvalue weighted by atomic mass is 32.1. The van der Waals surface area contributed by atoms with Crippen LogP contribution in [-0.2, 0) is 5.60 Å². The maximum atomic E-state index is 10.7. The average molecular weight is 238 g/mol. The Bertz CT molecular complexity index is 317. The molecule has 1 heterocycles. The van der Waals surface area contributed by atoms with Crippen molar-refractivity contribution >= 4 is 11.3 Å². The first-order valence-electron chi connectivity index (χ1n) is 6.36. The molecular weight excluding hydrogens is 216 g/mol. The molecule has 1 saturated carbocycles. The summed E-state index contributed by atoms with van der Waals surface area (Å²) in [6.45, 7) is 4.55. The van der Waals surface area contributed by atoms with E-state index in [2.05, 4.69) is 25.3 Å². The fraction of sp³-hybridized carbons (Fsp3) is 0.714. The fourth-order valence-electron chi connectivity index (χ4n) is 3.00. The Morgan fingerprint density at radius 3 is 3.00 bits per heavy atom. The highest BCUT2D eigenvalue weighted by Crippen LogP contribution is 2.43. The van der Waals surface area contributed by atoms with Gasteiger partial charge in [-0.1, -0.05) is 26.3 Å². The Morgan fingerprint density at radius 2 is 2.38 bits per heavy atom. The van der Waals surface area contributed by atoms with Crippen LogP contribution < -0.4 is 0 Å². The predicted molar refractivity (Wildman–Crippen MR) is 69.6 cm³/mol. The number of hydrogen-bond acceptors (Lipinski definition) is 2. The maximum Gasteiger partial charge on any atom is 0.0990 e. The topological polar surface area (TPSA) is 20.2 Å². The molecule has 1 aromatic heterocycles. The van der Waals surface area contributed by atoms with E-state index in [9.17, 15) is 5.11 Å². The number of thiophene rings is 1. The van der Waals surface area contributed by atoms with Crippen LogP contribution in [-0.4, -0.2) is 5.11 Å². The van der Waals surface area contributed by atoms with E-state index in [1.165, 1.54) is 24.1 Å². The summed E-state index contributed by atoms with van der Waals surface area (Å²) in [6.07, 6.45) is 5.64. The molecule has 1 nitrogen and oxygen atoms in total. The summed E-state index contributed by atoms with van der Waals surface area (Å²) in [4.78, 5) is 1.17.